The summed E-state index contributed by atoms with van der Waals surface area (Å²) in [6, 6.07) is 3.47. The highest BCUT2D eigenvalue weighted by atomic mass is 16.6. The van der Waals surface area contributed by atoms with E-state index in [1.54, 1.807) is 6.07 Å². The second-order valence-corrected chi connectivity index (χ2v) is 10.5. The molecule has 0 amide bonds. The molecular weight excluding hydrogens is 534 g/mol. The van der Waals surface area contributed by atoms with E-state index in [4.69, 9.17) is 19.3 Å². The lowest BCUT2D eigenvalue weighted by Crippen LogP contribution is -2.74. The van der Waals surface area contributed by atoms with Gasteiger partial charge in [-0.2, -0.15) is 0 Å². The number of piperidine rings is 1. The van der Waals surface area contributed by atoms with Crippen LogP contribution in [0.3, 0.4) is 0 Å². The molecule has 5 N–H and O–H groups in total. The number of aliphatic hydroxyl groups excluding tert-OH is 2. The number of ether oxygens (including phenoxy) is 4. The summed E-state index contributed by atoms with van der Waals surface area (Å²) in [7, 11) is 3.43. The third-order valence-electron chi connectivity index (χ3n) is 8.47. The SMILES string of the molecule is COc1ccc2c3c1OC1C(OC(=O)CC(OC(=O)[C@H](O)[C@@H](O)C(=O)O)C(=O)O)=CC[C@@]4(O)[C@@H](C2)N(C)CC[C@]314. The third-order valence-corrected chi connectivity index (χ3v) is 8.47. The molecule has 7 atom stereocenters. The maximum Gasteiger partial charge on any atom is 0.345 e. The first-order valence-electron chi connectivity index (χ1n) is 12.6. The topological polar surface area (TPSA) is 210 Å². The van der Waals surface area contributed by atoms with Crippen LogP contribution in [0.15, 0.2) is 24.0 Å². The summed E-state index contributed by atoms with van der Waals surface area (Å²) in [4.78, 5) is 49.4. The number of likely N-dealkylation sites (N-methyl/N-ethyl adjacent to an activating group) is 1. The van der Waals surface area contributed by atoms with E-state index in [1.807, 2.05) is 13.1 Å². The number of carbonyl (C=O) groups excluding carboxylic acids is 2. The van der Waals surface area contributed by atoms with Gasteiger partial charge in [-0.1, -0.05) is 6.07 Å². The second kappa shape index (κ2) is 9.73. The van der Waals surface area contributed by atoms with Crippen LogP contribution in [0.1, 0.15) is 30.4 Å². The lowest BCUT2D eigenvalue weighted by Gasteiger charge is -2.61. The fourth-order valence-electron chi connectivity index (χ4n) is 6.57. The molecule has 2 bridgehead atoms. The number of aliphatic hydroxyl groups is 3. The van der Waals surface area contributed by atoms with Crippen molar-refractivity contribution < 1.29 is 63.7 Å². The molecule has 14 nitrogen and oxygen atoms in total. The van der Waals surface area contributed by atoms with Gasteiger partial charge in [-0.3, -0.25) is 4.79 Å². The highest BCUT2D eigenvalue weighted by molar-refractivity contribution is 5.87. The second-order valence-electron chi connectivity index (χ2n) is 10.5. The Balaban J connectivity index is 1.41. The number of carbonyl (C=O) groups is 4. The molecule has 5 rings (SSSR count). The molecule has 2 aliphatic heterocycles. The van der Waals surface area contributed by atoms with Crippen molar-refractivity contribution in [1.29, 1.82) is 0 Å². The van der Waals surface area contributed by atoms with E-state index < -0.39 is 65.7 Å². The molecule has 0 saturated carbocycles. The van der Waals surface area contributed by atoms with Crippen molar-refractivity contribution in [3.8, 4) is 11.5 Å². The molecule has 1 saturated heterocycles. The number of aliphatic carboxylic acids is 2. The van der Waals surface area contributed by atoms with Crippen LogP contribution in [-0.4, -0.2) is 111 Å². The Bertz CT molecular complexity index is 1310. The van der Waals surface area contributed by atoms with Crippen molar-refractivity contribution in [2.45, 2.75) is 67.2 Å². The Labute approximate surface area is 227 Å². The molecule has 14 heteroatoms. The number of esters is 2. The third kappa shape index (κ3) is 3.93. The van der Waals surface area contributed by atoms with Gasteiger partial charge in [0, 0.05) is 18.0 Å². The molecular formula is C26H29NO13. The van der Waals surface area contributed by atoms with Gasteiger partial charge in [0.25, 0.3) is 0 Å². The molecule has 40 heavy (non-hydrogen) atoms. The molecule has 1 aromatic carbocycles. The van der Waals surface area contributed by atoms with E-state index in [1.165, 1.54) is 13.2 Å². The van der Waals surface area contributed by atoms with Crippen LogP contribution in [0.5, 0.6) is 11.5 Å². The Morgan fingerprint density at radius 1 is 1.15 bits per heavy atom. The summed E-state index contributed by atoms with van der Waals surface area (Å²) in [6.45, 7) is 0.631. The largest absolute Gasteiger partial charge is 0.493 e. The zero-order valence-electron chi connectivity index (χ0n) is 21.6. The van der Waals surface area contributed by atoms with Gasteiger partial charge >= 0.3 is 23.9 Å². The molecule has 0 aromatic heterocycles. The van der Waals surface area contributed by atoms with Gasteiger partial charge in [-0.25, -0.2) is 14.4 Å². The number of nitrogens with zero attached hydrogens (tertiary/aromatic N) is 1. The van der Waals surface area contributed by atoms with Crippen LogP contribution in [-0.2, 0) is 40.5 Å². The minimum Gasteiger partial charge on any atom is -0.493 e. The van der Waals surface area contributed by atoms with Crippen LogP contribution in [0.25, 0.3) is 0 Å². The average molecular weight is 564 g/mol. The van der Waals surface area contributed by atoms with Crippen LogP contribution < -0.4 is 9.47 Å². The zero-order chi connectivity index (χ0) is 29.1. The maximum absolute atomic E-state index is 12.9. The van der Waals surface area contributed by atoms with E-state index in [-0.39, 0.29) is 18.2 Å². The van der Waals surface area contributed by atoms with Gasteiger partial charge in [0.2, 0.25) is 6.10 Å². The molecule has 4 aliphatic rings. The van der Waals surface area contributed by atoms with E-state index in [0.29, 0.717) is 30.9 Å². The number of rotatable bonds is 9. The normalized spacial score (nSPS) is 30.1. The Hall–Kier alpha value is -3.72. The quantitative estimate of drug-likeness (QED) is 0.221. The van der Waals surface area contributed by atoms with Crippen molar-refractivity contribution >= 4 is 23.9 Å². The highest BCUT2D eigenvalue weighted by Crippen LogP contribution is 2.65. The summed E-state index contributed by atoms with van der Waals surface area (Å²) in [5.41, 5.74) is -0.451. The van der Waals surface area contributed by atoms with Crippen molar-refractivity contribution in [1.82, 2.24) is 4.90 Å². The van der Waals surface area contributed by atoms with Gasteiger partial charge in [0.15, 0.2) is 29.8 Å². The molecule has 2 heterocycles. The summed E-state index contributed by atoms with van der Waals surface area (Å²) >= 11 is 0. The fraction of sp³-hybridized carbons (Fsp3) is 0.538. The molecule has 1 aromatic rings. The molecule has 1 fully saturated rings. The predicted molar refractivity (Wildman–Crippen MR) is 129 cm³/mol. The first-order chi connectivity index (χ1) is 18.9. The minimum atomic E-state index is -2.58. The smallest absolute Gasteiger partial charge is 0.345 e. The molecule has 216 valence electrons. The Kier molecular flexibility index (Phi) is 6.77. The maximum atomic E-state index is 12.9. The first-order valence-corrected chi connectivity index (χ1v) is 12.6. The molecule has 2 unspecified atom stereocenters. The van der Waals surface area contributed by atoms with Gasteiger partial charge in [0.05, 0.1) is 24.5 Å². The number of carboxylic acid groups (broad SMARTS) is 2. The van der Waals surface area contributed by atoms with Crippen LogP contribution in [0, 0.1) is 0 Å². The standard InChI is InChI=1S/C26H29NO13/c1-27-8-7-25-17-11-3-4-12(37-2)20(17)40-21(25)13(5-6-26(25,36)15(27)9-11)38-16(28)10-14(22(31)32)39-24(35)19(30)18(29)23(33)34/h3-5,14-15,18-19,21,29-30,36H,6-10H2,1-2H3,(H,31,32)(H,33,34)/t14?,15-,18-,19-,21?,25+,26-/m1/s1. The minimum absolute atomic E-state index is 0.0564. The summed E-state index contributed by atoms with van der Waals surface area (Å²) < 4.78 is 22.0. The van der Waals surface area contributed by atoms with Gasteiger partial charge in [-0.05, 0) is 44.1 Å². The summed E-state index contributed by atoms with van der Waals surface area (Å²) in [6.07, 6.45) is -6.51. The summed E-state index contributed by atoms with van der Waals surface area (Å²) in [5, 5.41) is 49.3. The van der Waals surface area contributed by atoms with Crippen molar-refractivity contribution in [2.24, 2.45) is 0 Å². The highest BCUT2D eigenvalue weighted by Gasteiger charge is 2.72. The summed E-state index contributed by atoms with van der Waals surface area (Å²) in [5.74, 6) is -5.61. The van der Waals surface area contributed by atoms with Crippen LogP contribution in [0.4, 0.5) is 0 Å². The number of hydrogen-bond acceptors (Lipinski definition) is 12. The average Bonchev–Trinajstić information content (AvgIpc) is 3.26. The predicted octanol–water partition coefficient (Wildman–Crippen LogP) is -1.29. The molecule has 2 aliphatic carbocycles. The number of hydrogen-bond donors (Lipinski definition) is 5. The van der Waals surface area contributed by atoms with Crippen molar-refractivity contribution in [3.05, 3.63) is 35.1 Å². The van der Waals surface area contributed by atoms with Crippen LogP contribution >= 0.6 is 0 Å². The number of likely N-dealkylation sites (tertiary alicyclic amines) is 1. The molecule has 0 radical (unpaired) electrons. The van der Waals surface area contributed by atoms with E-state index in [2.05, 4.69) is 9.64 Å². The van der Waals surface area contributed by atoms with E-state index in [0.717, 1.165) is 11.1 Å². The monoisotopic (exact) mass is 563 g/mol. The zero-order valence-corrected chi connectivity index (χ0v) is 21.6. The lowest BCUT2D eigenvalue weighted by atomic mass is 9.50. The Morgan fingerprint density at radius 3 is 2.52 bits per heavy atom. The Morgan fingerprint density at radius 2 is 1.88 bits per heavy atom. The van der Waals surface area contributed by atoms with Gasteiger partial charge < -0.3 is 49.4 Å². The lowest BCUT2D eigenvalue weighted by molar-refractivity contribution is -0.181. The molecule has 1 spiro atoms. The van der Waals surface area contributed by atoms with E-state index >= 15 is 0 Å². The number of carboxylic acids is 2. The number of methoxy groups -OCH3 is 1. The van der Waals surface area contributed by atoms with Crippen molar-refractivity contribution in [2.75, 3.05) is 20.7 Å². The van der Waals surface area contributed by atoms with Crippen LogP contribution in [0.2, 0.25) is 0 Å². The first kappa shape index (κ1) is 27.8. The van der Waals surface area contributed by atoms with E-state index in [9.17, 15) is 39.6 Å². The van der Waals surface area contributed by atoms with Crippen molar-refractivity contribution in [3.63, 3.8) is 0 Å². The number of benzene rings is 1. The van der Waals surface area contributed by atoms with Gasteiger partial charge in [-0.15, -0.1) is 0 Å². The fourth-order valence-corrected chi connectivity index (χ4v) is 6.57. The van der Waals surface area contributed by atoms with Gasteiger partial charge in [0.1, 0.15) is 5.76 Å².